The Morgan fingerprint density at radius 3 is 1.40 bits per heavy atom. The molecule has 6 heterocycles. The summed E-state index contributed by atoms with van der Waals surface area (Å²) >= 11 is 0. The third kappa shape index (κ3) is 30.5. The van der Waals surface area contributed by atoms with E-state index in [1.165, 1.54) is 18.9 Å². The van der Waals surface area contributed by atoms with Gasteiger partial charge in [0, 0.05) is 140 Å². The molecule has 4 saturated heterocycles. The van der Waals surface area contributed by atoms with Gasteiger partial charge in [0.15, 0.2) is 30.9 Å². The molecule has 2 aromatic heterocycles. The molecule has 4 aliphatic rings. The molecule has 39 heteroatoms. The largest absolute Gasteiger partial charge is 0.400 e. The zero-order chi connectivity index (χ0) is 81.3. The van der Waals surface area contributed by atoms with E-state index in [0.29, 0.717) is 159 Å². The number of aromatic nitrogens is 6. The first-order valence-electron chi connectivity index (χ1n) is 39.1. The van der Waals surface area contributed by atoms with Crippen molar-refractivity contribution in [1.82, 2.24) is 55.4 Å². The number of carbonyl (C=O) groups is 3. The maximum absolute atomic E-state index is 14.9. The summed E-state index contributed by atoms with van der Waals surface area (Å²) in [5, 5.41) is 151. The van der Waals surface area contributed by atoms with E-state index in [2.05, 4.69) is 46.3 Å². The van der Waals surface area contributed by atoms with Crippen LogP contribution in [-0.4, -0.2) is 338 Å². The van der Waals surface area contributed by atoms with Crippen molar-refractivity contribution in [1.29, 1.82) is 0 Å². The topological polar surface area (TPSA) is 566 Å². The van der Waals surface area contributed by atoms with E-state index in [0.717, 1.165) is 19.3 Å². The number of rotatable bonds is 51. The van der Waals surface area contributed by atoms with E-state index in [-0.39, 0.29) is 32.1 Å². The van der Waals surface area contributed by atoms with Crippen LogP contribution in [0.4, 0.5) is 0 Å². The summed E-state index contributed by atoms with van der Waals surface area (Å²) in [7, 11) is 0. The molecule has 20 N–H and O–H groups in total. The van der Waals surface area contributed by atoms with Crippen LogP contribution in [0, 0.1) is 17.3 Å². The molecule has 2 aromatic rings. The van der Waals surface area contributed by atoms with Crippen molar-refractivity contribution in [2.24, 2.45) is 44.8 Å². The standard InChI is InChI=1S/C72H130N16O23/c1-44-59(95)61(97)53(40-89)108-68(44)104-28-18-8-13-23-76-32-49(79-74)37-85(33-48(73)34-86(75)25-14-9-19-30-106-70-57(77-46(3)93)65(101)63(99)55(42-91)110-70)52(67(103)72(5,6)7)22-12-17-24-84(35-50-38-87(82-80-50)26-15-10-20-29-105-69-45(2)60(96)62(98)54(41-90)109-69)36-51-39-88(83-81-51)27-16-11-21-31-107-71-58(78-47(4)94)66(102)64(100)56(43-92)111-71/h32,34,38-39,44-45,52-66,68-71,89-92,95-102H,8-31,33,35-37,40-43,73-75H2,1-7H3,(H,77,93)(H,78,94)/b48-34-,76-32?,79-49?/t44-,45-,52-,53-,54-,55-,56-,57-,58-,59-,60-,61+,62+,63+,64+,65-,66-,68-,69-,70-,71-/m1/s1. The van der Waals surface area contributed by atoms with Gasteiger partial charge in [-0.25, -0.2) is 5.84 Å². The minimum atomic E-state index is -1.44. The number of ketones is 1. The third-order valence-electron chi connectivity index (χ3n) is 20.2. The van der Waals surface area contributed by atoms with E-state index in [9.17, 15) is 75.7 Å². The predicted octanol–water partition coefficient (Wildman–Crippen LogP) is -3.53. The van der Waals surface area contributed by atoms with Gasteiger partial charge in [0.2, 0.25) is 11.8 Å². The quantitative estimate of drug-likeness (QED) is 0.0132. The number of nitrogens with one attached hydrogen (secondary N) is 2. The lowest BCUT2D eigenvalue weighted by atomic mass is 9.83. The second-order valence-electron chi connectivity index (χ2n) is 30.5. The van der Waals surface area contributed by atoms with Crippen LogP contribution in [0.3, 0.4) is 0 Å². The Labute approximate surface area is 649 Å². The number of aliphatic hydroxyl groups is 12. The summed E-state index contributed by atoms with van der Waals surface area (Å²) in [6.45, 7) is 13.9. The molecule has 0 unspecified atom stereocenters. The van der Waals surface area contributed by atoms with E-state index in [1.807, 2.05) is 38.1 Å². The van der Waals surface area contributed by atoms with Crippen LogP contribution >= 0.6 is 0 Å². The number of nitrogens with two attached hydrogens (primary N) is 3. The fraction of sp³-hybridized carbons (Fsp3) is 0.847. The second kappa shape index (κ2) is 48.7. The number of hydrogen-bond acceptors (Lipinski definition) is 35. The molecule has 0 bridgehead atoms. The third-order valence-corrected chi connectivity index (χ3v) is 20.2. The molecule has 4 fully saturated rings. The molecule has 111 heavy (non-hydrogen) atoms. The first-order chi connectivity index (χ1) is 53.0. The molecule has 0 spiro atoms. The lowest BCUT2D eigenvalue weighted by Gasteiger charge is -2.42. The van der Waals surface area contributed by atoms with Crippen LogP contribution in [-0.2, 0) is 78.5 Å². The highest BCUT2D eigenvalue weighted by atomic mass is 16.7. The van der Waals surface area contributed by atoms with Gasteiger partial charge in [0.1, 0.15) is 73.1 Å². The summed E-state index contributed by atoms with van der Waals surface area (Å²) in [6, 6.07) is -2.83. The molecule has 0 aliphatic carbocycles. The van der Waals surface area contributed by atoms with E-state index < -0.39 is 172 Å². The van der Waals surface area contributed by atoms with Gasteiger partial charge in [0.25, 0.3) is 0 Å². The van der Waals surface area contributed by atoms with Crippen LogP contribution in [0.25, 0.3) is 0 Å². The molecule has 0 saturated carbocycles. The van der Waals surface area contributed by atoms with Crippen LogP contribution in [0.1, 0.15) is 156 Å². The molecular formula is C72H130N16O23. The van der Waals surface area contributed by atoms with E-state index >= 15 is 0 Å². The van der Waals surface area contributed by atoms with Gasteiger partial charge in [-0.2, -0.15) is 5.10 Å². The minimum Gasteiger partial charge on any atom is -0.400 e. The Kier molecular flexibility index (Phi) is 41.4. The number of nitrogens with zero attached hydrogens (tertiary/aromatic N) is 11. The zero-order valence-corrected chi connectivity index (χ0v) is 65.6. The molecule has 6 rings (SSSR count). The van der Waals surface area contributed by atoms with Gasteiger partial charge in [0.05, 0.1) is 61.8 Å². The molecule has 4 aliphatic heterocycles. The normalized spacial score (nSPS) is 29.4. The first kappa shape index (κ1) is 94.3. The number of carbonyl (C=O) groups excluding carboxylic acids is 3. The van der Waals surface area contributed by atoms with Crippen molar-refractivity contribution in [3.8, 4) is 0 Å². The highest BCUT2D eigenvalue weighted by Gasteiger charge is 2.48. The van der Waals surface area contributed by atoms with E-state index in [1.54, 1.807) is 35.6 Å². The van der Waals surface area contributed by atoms with Crippen molar-refractivity contribution in [2.75, 3.05) is 85.6 Å². The lowest BCUT2D eigenvalue weighted by molar-refractivity contribution is -0.282. The Bertz CT molecular complexity index is 3080. The molecule has 2 amide bonds. The lowest BCUT2D eigenvalue weighted by Crippen LogP contribution is -2.64. The van der Waals surface area contributed by atoms with Crippen LogP contribution < -0.4 is 28.1 Å². The number of unbranched alkanes of at least 4 members (excludes halogenated alkanes) is 9. The van der Waals surface area contributed by atoms with Crippen LogP contribution in [0.2, 0.25) is 0 Å². The van der Waals surface area contributed by atoms with Crippen molar-refractivity contribution in [3.63, 3.8) is 0 Å². The number of aliphatic imine (C=N–C) groups is 1. The number of hydrazone groups is 1. The van der Waals surface area contributed by atoms with Gasteiger partial charge >= 0.3 is 0 Å². The van der Waals surface area contributed by atoms with Gasteiger partial charge in [-0.15, -0.1) is 10.2 Å². The van der Waals surface area contributed by atoms with E-state index in [4.69, 9.17) is 55.3 Å². The van der Waals surface area contributed by atoms with Crippen LogP contribution in [0.15, 0.2) is 34.4 Å². The zero-order valence-electron chi connectivity index (χ0n) is 65.6. The van der Waals surface area contributed by atoms with Gasteiger partial charge in [-0.1, -0.05) is 51.5 Å². The summed E-state index contributed by atoms with van der Waals surface area (Å²) < 4.78 is 50.0. The fourth-order valence-corrected chi connectivity index (χ4v) is 13.7. The van der Waals surface area contributed by atoms with Crippen LogP contribution in [0.5, 0.6) is 0 Å². The number of amides is 2. The molecule has 21 atom stereocenters. The van der Waals surface area contributed by atoms with Crippen molar-refractivity contribution in [3.05, 3.63) is 35.7 Å². The smallest absolute Gasteiger partial charge is 0.217 e. The molecule has 39 nitrogen and oxygen atoms in total. The number of hydrogen-bond donors (Lipinski definition) is 17. The Morgan fingerprint density at radius 1 is 0.568 bits per heavy atom. The number of hydrazine groups is 1. The molecular weight excluding hydrogens is 1460 g/mol. The monoisotopic (exact) mass is 1590 g/mol. The summed E-state index contributed by atoms with van der Waals surface area (Å²) in [5.41, 5.74) is 8.18. The Morgan fingerprint density at radius 2 is 0.973 bits per heavy atom. The Hall–Kier alpha value is -5.55. The Balaban J connectivity index is 1.12. The average molecular weight is 1590 g/mol. The van der Waals surface area contributed by atoms with Crippen molar-refractivity contribution < 1.29 is 114 Å². The number of Topliss-reactive ketones (excluding diaryl/α,β-unsaturated/α-hetero) is 1. The summed E-state index contributed by atoms with van der Waals surface area (Å²) in [4.78, 5) is 47.6. The number of aryl methyl sites for hydroxylation is 2. The molecule has 636 valence electrons. The summed E-state index contributed by atoms with van der Waals surface area (Å²) in [6.07, 6.45) is -1.77. The predicted molar refractivity (Wildman–Crippen MR) is 400 cm³/mol. The highest BCUT2D eigenvalue weighted by Crippen LogP contribution is 2.31. The number of ether oxygens (including phenoxy) is 8. The average Bonchev–Trinajstić information content (AvgIpc) is 1.77. The van der Waals surface area contributed by atoms with Gasteiger partial charge < -0.3 is 126 Å². The van der Waals surface area contributed by atoms with Gasteiger partial charge in [-0.3, -0.25) is 38.5 Å². The fourth-order valence-electron chi connectivity index (χ4n) is 13.7. The minimum absolute atomic E-state index is 0.0526. The SMILES string of the molecule is CC(=O)N[C@H]1[C@H](OCCCCCN(N)/C=C(\N)CN(CC(C=NCCCCCO[C@@H]2O[C@H](CO)[C@H](O)[C@H](O)[C@H]2C)=NN)[C@H](CCCCN(Cc2cn(CCCCCO[C@@H]3O[C@H](CO)[C@H](O)[C@H](O)[C@H]3C)nn2)Cc2cn(CCCCCO[C@@H]3O[C@H](CO)[C@H](O)[C@H](O)[C@H]3NC(C)=O)nn2)C(=O)C(C)(C)C)O[C@H](CO)[C@H](O)[C@@H]1O. The molecule has 0 radical (unpaired) electrons. The number of aliphatic hydroxyl groups excluding tert-OH is 12. The maximum atomic E-state index is 14.9. The van der Waals surface area contributed by atoms with Crippen molar-refractivity contribution >= 4 is 29.5 Å². The second-order valence-corrected chi connectivity index (χ2v) is 30.5. The molecule has 0 aromatic carbocycles. The maximum Gasteiger partial charge on any atom is 0.217 e. The first-order valence-corrected chi connectivity index (χ1v) is 39.1. The highest BCUT2D eigenvalue weighted by molar-refractivity contribution is 6.31. The van der Waals surface area contributed by atoms with Gasteiger partial charge in [-0.05, 0) is 96.4 Å². The summed E-state index contributed by atoms with van der Waals surface area (Å²) in [5.74, 6) is 10.7. The van der Waals surface area contributed by atoms with Crippen molar-refractivity contribution in [2.45, 2.75) is 287 Å².